The minimum Gasteiger partial charge on any atom is -0.476 e. The average molecular weight is 321 g/mol. The van der Waals surface area contributed by atoms with Crippen molar-refractivity contribution in [3.05, 3.63) is 52.3 Å². The largest absolute Gasteiger partial charge is 0.476 e. The summed E-state index contributed by atoms with van der Waals surface area (Å²) in [5.74, 6) is -1.11. The standard InChI is InChI=1S/C13H9ClN4O2S/c14-9-6-15-4-3-8(9)7-18-12(10-2-1-5-21-10)11(13(19)20)16-17-18/h1-6H,7H2,(H,19,20). The molecule has 3 aromatic heterocycles. The first-order chi connectivity index (χ1) is 10.2. The van der Waals surface area contributed by atoms with Gasteiger partial charge in [-0.3, -0.25) is 4.98 Å². The molecule has 0 saturated heterocycles. The van der Waals surface area contributed by atoms with Crippen LogP contribution in [0.15, 0.2) is 36.0 Å². The van der Waals surface area contributed by atoms with E-state index in [4.69, 9.17) is 11.6 Å². The van der Waals surface area contributed by atoms with Crippen LogP contribution in [0, 0.1) is 0 Å². The first-order valence-electron chi connectivity index (χ1n) is 5.96. The highest BCUT2D eigenvalue weighted by Gasteiger charge is 2.21. The summed E-state index contributed by atoms with van der Waals surface area (Å²) in [6.45, 7) is 0.328. The summed E-state index contributed by atoms with van der Waals surface area (Å²) in [5, 5.41) is 19.3. The van der Waals surface area contributed by atoms with Crippen LogP contribution in [0.4, 0.5) is 0 Å². The number of carboxylic acid groups (broad SMARTS) is 1. The average Bonchev–Trinajstić information content (AvgIpc) is 3.09. The molecule has 0 spiro atoms. The van der Waals surface area contributed by atoms with Crippen molar-refractivity contribution in [2.45, 2.75) is 6.54 Å². The minimum absolute atomic E-state index is 0.0670. The van der Waals surface area contributed by atoms with Crippen LogP contribution in [0.1, 0.15) is 16.1 Å². The van der Waals surface area contributed by atoms with Gasteiger partial charge in [-0.25, -0.2) is 9.48 Å². The van der Waals surface area contributed by atoms with E-state index >= 15 is 0 Å². The number of thiophene rings is 1. The summed E-state index contributed by atoms with van der Waals surface area (Å²) in [7, 11) is 0. The molecule has 1 N–H and O–H groups in total. The number of hydrogen-bond acceptors (Lipinski definition) is 5. The number of pyridine rings is 1. The van der Waals surface area contributed by atoms with E-state index in [0.717, 1.165) is 10.4 Å². The van der Waals surface area contributed by atoms with E-state index in [9.17, 15) is 9.90 Å². The van der Waals surface area contributed by atoms with Crippen LogP contribution in [-0.2, 0) is 6.54 Å². The maximum atomic E-state index is 11.3. The van der Waals surface area contributed by atoms with Crippen LogP contribution in [0.3, 0.4) is 0 Å². The molecule has 6 nitrogen and oxygen atoms in total. The van der Waals surface area contributed by atoms with Crippen molar-refractivity contribution in [2.24, 2.45) is 0 Å². The Hall–Kier alpha value is -2.25. The Morgan fingerprint density at radius 1 is 1.43 bits per heavy atom. The summed E-state index contributed by atoms with van der Waals surface area (Å²) >= 11 is 7.51. The summed E-state index contributed by atoms with van der Waals surface area (Å²) in [6, 6.07) is 5.45. The lowest BCUT2D eigenvalue weighted by atomic mass is 10.2. The van der Waals surface area contributed by atoms with Gasteiger partial charge in [-0.1, -0.05) is 22.9 Å². The molecule has 0 aliphatic rings. The molecule has 21 heavy (non-hydrogen) atoms. The van der Waals surface area contributed by atoms with Gasteiger partial charge >= 0.3 is 5.97 Å². The summed E-state index contributed by atoms with van der Waals surface area (Å²) in [5.41, 5.74) is 1.21. The number of nitrogens with zero attached hydrogens (tertiary/aromatic N) is 4. The summed E-state index contributed by atoms with van der Waals surface area (Å²) in [4.78, 5) is 16.0. The number of aromatic carboxylic acids is 1. The fourth-order valence-electron chi connectivity index (χ4n) is 1.92. The Morgan fingerprint density at radius 2 is 2.29 bits per heavy atom. The van der Waals surface area contributed by atoms with Gasteiger partial charge in [0.2, 0.25) is 0 Å². The smallest absolute Gasteiger partial charge is 0.358 e. The maximum Gasteiger partial charge on any atom is 0.358 e. The molecular formula is C13H9ClN4O2S. The van der Waals surface area contributed by atoms with Gasteiger partial charge in [-0.2, -0.15) is 0 Å². The number of aromatic nitrogens is 4. The van der Waals surface area contributed by atoms with E-state index in [1.165, 1.54) is 22.2 Å². The quantitative estimate of drug-likeness (QED) is 0.799. The van der Waals surface area contributed by atoms with Crippen molar-refractivity contribution < 1.29 is 9.90 Å². The molecule has 8 heteroatoms. The number of carbonyl (C=O) groups is 1. The lowest BCUT2D eigenvalue weighted by Crippen LogP contribution is -2.06. The van der Waals surface area contributed by atoms with Crippen LogP contribution in [0.2, 0.25) is 5.02 Å². The van der Waals surface area contributed by atoms with Crippen molar-refractivity contribution >= 4 is 28.9 Å². The van der Waals surface area contributed by atoms with E-state index in [2.05, 4.69) is 15.3 Å². The van der Waals surface area contributed by atoms with Crippen molar-refractivity contribution in [2.75, 3.05) is 0 Å². The third-order valence-electron chi connectivity index (χ3n) is 2.87. The predicted octanol–water partition coefficient (Wildman–Crippen LogP) is 2.80. The van der Waals surface area contributed by atoms with Gasteiger partial charge < -0.3 is 5.11 Å². The maximum absolute atomic E-state index is 11.3. The van der Waals surface area contributed by atoms with Gasteiger partial charge in [0.15, 0.2) is 5.69 Å². The molecule has 3 aromatic rings. The second-order valence-electron chi connectivity index (χ2n) is 4.19. The second-order valence-corrected chi connectivity index (χ2v) is 5.55. The third kappa shape index (κ3) is 2.65. The van der Waals surface area contributed by atoms with Gasteiger partial charge in [0.1, 0.15) is 5.69 Å². The van der Waals surface area contributed by atoms with E-state index in [1.807, 2.05) is 17.5 Å². The highest BCUT2D eigenvalue weighted by molar-refractivity contribution is 7.13. The van der Waals surface area contributed by atoms with Crippen LogP contribution in [0.5, 0.6) is 0 Å². The number of halogens is 1. The normalized spacial score (nSPS) is 10.7. The molecule has 0 aliphatic carbocycles. The van der Waals surface area contributed by atoms with Gasteiger partial charge in [0, 0.05) is 12.4 Å². The topological polar surface area (TPSA) is 80.9 Å². The SMILES string of the molecule is O=C(O)c1nnn(Cc2ccncc2Cl)c1-c1cccs1. The number of carboxylic acids is 1. The van der Waals surface area contributed by atoms with E-state index < -0.39 is 5.97 Å². The molecule has 0 aromatic carbocycles. The van der Waals surface area contributed by atoms with Gasteiger partial charge in [0.25, 0.3) is 0 Å². The first kappa shape index (κ1) is 13.7. The van der Waals surface area contributed by atoms with Crippen LogP contribution in [0.25, 0.3) is 10.6 Å². The lowest BCUT2D eigenvalue weighted by molar-refractivity contribution is 0.0691. The Balaban J connectivity index is 2.08. The fraction of sp³-hybridized carbons (Fsp3) is 0.0769. The van der Waals surface area contributed by atoms with Crippen LogP contribution in [-0.4, -0.2) is 31.1 Å². The van der Waals surface area contributed by atoms with Crippen molar-refractivity contribution in [1.82, 2.24) is 20.0 Å². The van der Waals surface area contributed by atoms with Gasteiger partial charge in [-0.05, 0) is 23.1 Å². The summed E-state index contributed by atoms with van der Waals surface area (Å²) < 4.78 is 1.54. The molecule has 0 saturated carbocycles. The third-order valence-corrected chi connectivity index (χ3v) is 4.09. The van der Waals surface area contributed by atoms with Gasteiger partial charge in [0.05, 0.1) is 16.4 Å². The van der Waals surface area contributed by atoms with Gasteiger partial charge in [-0.15, -0.1) is 16.4 Å². The zero-order valence-electron chi connectivity index (χ0n) is 10.6. The Kier molecular flexibility index (Phi) is 3.68. The van der Waals surface area contributed by atoms with Crippen molar-refractivity contribution in [3.8, 4) is 10.6 Å². The van der Waals surface area contributed by atoms with E-state index in [-0.39, 0.29) is 5.69 Å². The van der Waals surface area contributed by atoms with Crippen molar-refractivity contribution in [3.63, 3.8) is 0 Å². The molecule has 3 rings (SSSR count). The zero-order chi connectivity index (χ0) is 14.8. The molecule has 0 fully saturated rings. The predicted molar refractivity (Wildman–Crippen MR) is 78.6 cm³/mol. The van der Waals surface area contributed by atoms with Crippen LogP contribution < -0.4 is 0 Å². The molecule has 3 heterocycles. The van der Waals surface area contributed by atoms with Crippen molar-refractivity contribution in [1.29, 1.82) is 0 Å². The molecular weight excluding hydrogens is 312 g/mol. The molecule has 106 valence electrons. The van der Waals surface area contributed by atoms with E-state index in [0.29, 0.717) is 17.3 Å². The lowest BCUT2D eigenvalue weighted by Gasteiger charge is -2.07. The molecule has 0 atom stereocenters. The van der Waals surface area contributed by atoms with Crippen LogP contribution >= 0.6 is 22.9 Å². The molecule has 0 bridgehead atoms. The Labute approximate surface area is 128 Å². The minimum atomic E-state index is -1.11. The molecule has 0 amide bonds. The molecule has 0 aliphatic heterocycles. The number of rotatable bonds is 4. The highest BCUT2D eigenvalue weighted by atomic mass is 35.5. The monoisotopic (exact) mass is 320 g/mol. The fourth-order valence-corrected chi connectivity index (χ4v) is 2.87. The Bertz CT molecular complexity index is 785. The molecule has 0 radical (unpaired) electrons. The first-order valence-corrected chi connectivity index (χ1v) is 7.21. The molecule has 0 unspecified atom stereocenters. The summed E-state index contributed by atoms with van der Waals surface area (Å²) in [6.07, 6.45) is 3.16. The number of hydrogen-bond donors (Lipinski definition) is 1. The highest BCUT2D eigenvalue weighted by Crippen LogP contribution is 2.28. The Morgan fingerprint density at radius 3 is 2.95 bits per heavy atom. The van der Waals surface area contributed by atoms with E-state index in [1.54, 1.807) is 12.3 Å². The zero-order valence-corrected chi connectivity index (χ0v) is 12.2. The second kappa shape index (κ2) is 5.63.